The van der Waals surface area contributed by atoms with E-state index in [0.29, 0.717) is 19.3 Å². The van der Waals surface area contributed by atoms with Crippen LogP contribution in [0.4, 0.5) is 0 Å². The third-order valence-electron chi connectivity index (χ3n) is 11.1. The van der Waals surface area contributed by atoms with E-state index in [1.54, 1.807) is 0 Å². The molecule has 0 spiro atoms. The summed E-state index contributed by atoms with van der Waals surface area (Å²) in [5, 5.41) is 0. The van der Waals surface area contributed by atoms with Gasteiger partial charge in [0, 0.05) is 19.3 Å². The van der Waals surface area contributed by atoms with Crippen molar-refractivity contribution in [1.29, 1.82) is 0 Å². The molecule has 0 aliphatic rings. The van der Waals surface area contributed by atoms with Crippen LogP contribution in [0.3, 0.4) is 0 Å². The Bertz CT molecular complexity index is 1310. The normalized spacial score (nSPS) is 12.8. The molecule has 0 aliphatic heterocycles. The molecule has 0 radical (unpaired) electrons. The molecule has 0 unspecified atom stereocenters. The Labute approximate surface area is 400 Å². The highest BCUT2D eigenvalue weighted by molar-refractivity contribution is 5.71. The minimum atomic E-state index is -0.827. The first-order valence-electron chi connectivity index (χ1n) is 26.7. The van der Waals surface area contributed by atoms with Crippen molar-refractivity contribution in [3.63, 3.8) is 0 Å². The topological polar surface area (TPSA) is 78.9 Å². The lowest BCUT2D eigenvalue weighted by Gasteiger charge is -2.18. The number of hydrogen-bond donors (Lipinski definition) is 0. The van der Waals surface area contributed by atoms with E-state index < -0.39 is 6.10 Å². The summed E-state index contributed by atoms with van der Waals surface area (Å²) in [5.74, 6) is -1.03. The van der Waals surface area contributed by atoms with E-state index in [9.17, 15) is 14.4 Å². The molecule has 0 fully saturated rings. The average Bonchev–Trinajstić information content (AvgIpc) is 3.30. The van der Waals surface area contributed by atoms with Gasteiger partial charge in [0.25, 0.3) is 0 Å². The third-order valence-corrected chi connectivity index (χ3v) is 11.1. The molecule has 0 heterocycles. The van der Waals surface area contributed by atoms with E-state index in [2.05, 4.69) is 118 Å². The summed E-state index contributed by atoms with van der Waals surface area (Å²) in [6, 6.07) is 0. The first-order chi connectivity index (χ1) is 32.0. The summed E-state index contributed by atoms with van der Waals surface area (Å²) in [6.45, 7) is 6.48. The van der Waals surface area contributed by atoms with Gasteiger partial charge in [0.1, 0.15) is 13.2 Å². The number of carbonyl (C=O) groups excluding carboxylic acids is 3. The van der Waals surface area contributed by atoms with E-state index in [4.69, 9.17) is 14.2 Å². The van der Waals surface area contributed by atoms with Crippen LogP contribution in [-0.2, 0) is 28.6 Å². The maximum Gasteiger partial charge on any atom is 0.306 e. The van der Waals surface area contributed by atoms with Crippen molar-refractivity contribution in [3.8, 4) is 0 Å². The Morgan fingerprint density at radius 1 is 0.308 bits per heavy atom. The number of carbonyl (C=O) groups is 3. The molecular formula is C59H98O6. The van der Waals surface area contributed by atoms with Gasteiger partial charge >= 0.3 is 17.9 Å². The van der Waals surface area contributed by atoms with Gasteiger partial charge in [0.2, 0.25) is 0 Å². The Hall–Kier alpha value is -3.67. The largest absolute Gasteiger partial charge is 0.462 e. The predicted molar refractivity (Wildman–Crippen MR) is 279 cm³/mol. The summed E-state index contributed by atoms with van der Waals surface area (Å²) in [4.78, 5) is 38.0. The molecule has 6 heteroatoms. The zero-order chi connectivity index (χ0) is 47.2. The van der Waals surface area contributed by atoms with E-state index >= 15 is 0 Å². The minimum absolute atomic E-state index is 0.115. The molecule has 0 aromatic carbocycles. The first kappa shape index (κ1) is 61.3. The molecular weight excluding hydrogens is 805 g/mol. The SMILES string of the molecule is CCCCC/C=C/C/C=C/C/C=C/C/C=C/CCCC(=O)OC[C@@H](COC(=O)CCCCCCCCCCCCCCC)OC(=O)CCC/C=C/C/C=C/C/C=C/C/C=C/CCCCC. The summed E-state index contributed by atoms with van der Waals surface area (Å²) < 4.78 is 16.7. The van der Waals surface area contributed by atoms with Crippen molar-refractivity contribution in [3.05, 3.63) is 97.2 Å². The number of esters is 3. The standard InChI is InChI=1S/C59H98O6/c1-4-7-10-13-16-19-22-25-27-29-31-34-37-40-43-46-49-52-58(61)64-55-56(54-63-57(60)51-48-45-42-39-36-33-24-21-18-15-12-9-6-3)65-59(62)53-50-47-44-41-38-35-32-30-28-26-23-20-17-14-11-8-5-2/h16-17,19-20,25-28,31-32,34-35,40-41,43-44,56H,4-15,18,21-24,29-30,33,36-39,42,45-55H2,1-3H3/b19-16+,20-17+,27-25+,28-26+,34-31+,35-32+,43-40+,44-41+/t56-/m1/s1. The predicted octanol–water partition coefficient (Wildman–Crippen LogP) is 17.8. The summed E-state index contributed by atoms with van der Waals surface area (Å²) >= 11 is 0. The molecule has 0 amide bonds. The Kier molecular flexibility index (Phi) is 50.0. The summed E-state index contributed by atoms with van der Waals surface area (Å²) in [5.41, 5.74) is 0. The maximum absolute atomic E-state index is 12.8. The van der Waals surface area contributed by atoms with Crippen LogP contribution in [0.1, 0.15) is 239 Å². The van der Waals surface area contributed by atoms with Crippen LogP contribution in [-0.4, -0.2) is 37.2 Å². The highest BCUT2D eigenvalue weighted by Crippen LogP contribution is 2.14. The van der Waals surface area contributed by atoms with Crippen molar-refractivity contribution in [2.24, 2.45) is 0 Å². The van der Waals surface area contributed by atoms with Gasteiger partial charge in [-0.15, -0.1) is 0 Å². The smallest absolute Gasteiger partial charge is 0.306 e. The van der Waals surface area contributed by atoms with Crippen molar-refractivity contribution in [2.75, 3.05) is 13.2 Å². The molecule has 0 aliphatic carbocycles. The summed E-state index contributed by atoms with van der Waals surface area (Å²) in [7, 11) is 0. The Morgan fingerprint density at radius 3 is 0.923 bits per heavy atom. The lowest BCUT2D eigenvalue weighted by atomic mass is 10.0. The fourth-order valence-corrected chi connectivity index (χ4v) is 7.01. The van der Waals surface area contributed by atoms with Gasteiger partial charge in [-0.05, 0) is 96.3 Å². The monoisotopic (exact) mass is 903 g/mol. The maximum atomic E-state index is 12.8. The van der Waals surface area contributed by atoms with E-state index in [1.807, 2.05) is 0 Å². The number of ether oxygens (including phenoxy) is 3. The van der Waals surface area contributed by atoms with Crippen LogP contribution >= 0.6 is 0 Å². The molecule has 6 nitrogen and oxygen atoms in total. The zero-order valence-electron chi connectivity index (χ0n) is 42.2. The highest BCUT2D eigenvalue weighted by atomic mass is 16.6. The second-order valence-electron chi connectivity index (χ2n) is 17.4. The molecule has 0 aromatic heterocycles. The third kappa shape index (κ3) is 51.2. The molecule has 65 heavy (non-hydrogen) atoms. The molecule has 370 valence electrons. The second-order valence-corrected chi connectivity index (χ2v) is 17.4. The number of unbranched alkanes of at least 4 members (excludes halogenated alkanes) is 20. The van der Waals surface area contributed by atoms with Gasteiger partial charge in [-0.25, -0.2) is 0 Å². The Morgan fingerprint density at radius 2 is 0.569 bits per heavy atom. The van der Waals surface area contributed by atoms with Crippen molar-refractivity contribution >= 4 is 17.9 Å². The number of hydrogen-bond acceptors (Lipinski definition) is 6. The van der Waals surface area contributed by atoms with Gasteiger partial charge in [0.15, 0.2) is 6.10 Å². The van der Waals surface area contributed by atoms with Gasteiger partial charge in [-0.1, -0.05) is 221 Å². The van der Waals surface area contributed by atoms with Gasteiger partial charge in [-0.2, -0.15) is 0 Å². The minimum Gasteiger partial charge on any atom is -0.462 e. The van der Waals surface area contributed by atoms with Crippen molar-refractivity contribution in [1.82, 2.24) is 0 Å². The highest BCUT2D eigenvalue weighted by Gasteiger charge is 2.19. The molecule has 0 saturated heterocycles. The van der Waals surface area contributed by atoms with Crippen LogP contribution in [0.25, 0.3) is 0 Å². The number of allylic oxidation sites excluding steroid dienone is 16. The van der Waals surface area contributed by atoms with E-state index in [0.717, 1.165) is 70.6 Å². The van der Waals surface area contributed by atoms with Crippen LogP contribution in [0.5, 0.6) is 0 Å². The fourth-order valence-electron chi connectivity index (χ4n) is 7.01. The second kappa shape index (κ2) is 52.9. The van der Waals surface area contributed by atoms with Crippen LogP contribution in [0.15, 0.2) is 97.2 Å². The Balaban J connectivity index is 4.57. The molecule has 0 bridgehead atoms. The van der Waals surface area contributed by atoms with Gasteiger partial charge < -0.3 is 14.2 Å². The van der Waals surface area contributed by atoms with Crippen LogP contribution in [0.2, 0.25) is 0 Å². The lowest BCUT2D eigenvalue weighted by molar-refractivity contribution is -0.167. The lowest BCUT2D eigenvalue weighted by Crippen LogP contribution is -2.30. The van der Waals surface area contributed by atoms with Crippen LogP contribution in [0, 0.1) is 0 Å². The molecule has 0 rings (SSSR count). The first-order valence-corrected chi connectivity index (χ1v) is 26.7. The van der Waals surface area contributed by atoms with Crippen molar-refractivity contribution < 1.29 is 28.6 Å². The molecule has 0 saturated carbocycles. The van der Waals surface area contributed by atoms with Crippen LogP contribution < -0.4 is 0 Å². The molecule has 0 N–H and O–H groups in total. The molecule has 0 aromatic rings. The number of rotatable bonds is 47. The summed E-state index contributed by atoms with van der Waals surface area (Å²) in [6.07, 6.45) is 69.7. The van der Waals surface area contributed by atoms with Gasteiger partial charge in [-0.3, -0.25) is 14.4 Å². The average molecular weight is 903 g/mol. The fraction of sp³-hybridized carbons (Fsp3) is 0.678. The van der Waals surface area contributed by atoms with Crippen molar-refractivity contribution in [2.45, 2.75) is 245 Å². The zero-order valence-corrected chi connectivity index (χ0v) is 42.2. The quantitative estimate of drug-likeness (QED) is 0.0262. The molecule has 1 atom stereocenters. The van der Waals surface area contributed by atoms with Gasteiger partial charge in [0.05, 0.1) is 0 Å². The van der Waals surface area contributed by atoms with E-state index in [-0.39, 0.29) is 44.0 Å². The van der Waals surface area contributed by atoms with E-state index in [1.165, 1.54) is 116 Å².